The number of hydrogen-bond donors (Lipinski definition) is 1. The maximum absolute atomic E-state index is 13.8. The van der Waals surface area contributed by atoms with Gasteiger partial charge in [0.1, 0.15) is 11.0 Å². The van der Waals surface area contributed by atoms with Crippen molar-refractivity contribution in [1.29, 1.82) is 0 Å². The Balaban J connectivity index is 2.10. The van der Waals surface area contributed by atoms with Crippen LogP contribution >= 0.6 is 0 Å². The Kier molecular flexibility index (Phi) is 8.70. The molecule has 0 radical (unpaired) electrons. The normalized spacial score (nSPS) is 18.9. The lowest BCUT2D eigenvalue weighted by Gasteiger charge is -2.24. The van der Waals surface area contributed by atoms with E-state index in [0.717, 1.165) is 55.6 Å². The summed E-state index contributed by atoms with van der Waals surface area (Å²) in [6, 6.07) is 0.183. The van der Waals surface area contributed by atoms with E-state index < -0.39 is 0 Å². The molecule has 8 heteroatoms. The second-order valence-electron chi connectivity index (χ2n) is 9.54. The lowest BCUT2D eigenvalue weighted by molar-refractivity contribution is -0.126. The molecule has 2 aromatic heterocycles. The van der Waals surface area contributed by atoms with Crippen molar-refractivity contribution in [2.45, 2.75) is 84.3 Å². The number of allylic oxidation sites excluding steroid dienone is 2. The van der Waals surface area contributed by atoms with Crippen molar-refractivity contribution in [2.24, 2.45) is 4.99 Å². The van der Waals surface area contributed by atoms with Crippen molar-refractivity contribution in [3.8, 4) is 0 Å². The third-order valence-corrected chi connectivity index (χ3v) is 6.90. The van der Waals surface area contributed by atoms with E-state index in [2.05, 4.69) is 55.6 Å². The van der Waals surface area contributed by atoms with Gasteiger partial charge in [-0.05, 0) is 52.0 Å². The number of anilines is 1. The summed E-state index contributed by atoms with van der Waals surface area (Å²) < 4.78 is 3.80. The van der Waals surface area contributed by atoms with Crippen molar-refractivity contribution in [1.82, 2.24) is 19.0 Å². The fourth-order valence-corrected chi connectivity index (χ4v) is 4.96. The van der Waals surface area contributed by atoms with E-state index >= 15 is 0 Å². The fraction of sp³-hybridized carbons (Fsp3) is 0.556. The Morgan fingerprint density at radius 1 is 1.37 bits per heavy atom. The van der Waals surface area contributed by atoms with Crippen molar-refractivity contribution < 1.29 is 4.79 Å². The van der Waals surface area contributed by atoms with Crippen LogP contribution in [0.1, 0.15) is 78.3 Å². The highest BCUT2D eigenvalue weighted by atomic mass is 16.2. The maximum atomic E-state index is 13.8. The molecule has 1 N–H and O–H groups in total. The quantitative estimate of drug-likeness (QED) is 0.379. The van der Waals surface area contributed by atoms with Crippen LogP contribution in [0.15, 0.2) is 46.7 Å². The second-order valence-corrected chi connectivity index (χ2v) is 9.54. The topological polar surface area (TPSA) is 84.5 Å². The third kappa shape index (κ3) is 5.41. The van der Waals surface area contributed by atoms with Gasteiger partial charge in [0.15, 0.2) is 0 Å². The highest BCUT2D eigenvalue weighted by Crippen LogP contribution is 2.34. The van der Waals surface area contributed by atoms with Crippen molar-refractivity contribution in [3.63, 3.8) is 0 Å². The number of carbonyl (C=O) groups is 1. The Bertz CT molecular complexity index is 1190. The Morgan fingerprint density at radius 2 is 2.11 bits per heavy atom. The summed E-state index contributed by atoms with van der Waals surface area (Å²) >= 11 is 0. The first-order chi connectivity index (χ1) is 16.8. The number of amides is 1. The minimum Gasteiger partial charge on any atom is -0.351 e. The second kappa shape index (κ2) is 11.5. The molecule has 0 aliphatic heterocycles. The summed E-state index contributed by atoms with van der Waals surface area (Å²) in [6.45, 7) is 12.0. The average Bonchev–Trinajstić information content (AvgIpc) is 3.51. The van der Waals surface area contributed by atoms with E-state index in [0.29, 0.717) is 11.0 Å². The molecular weight excluding hydrogens is 440 g/mol. The van der Waals surface area contributed by atoms with Crippen molar-refractivity contribution in [3.05, 3.63) is 47.3 Å². The summed E-state index contributed by atoms with van der Waals surface area (Å²) in [4.78, 5) is 36.8. The Morgan fingerprint density at radius 3 is 2.71 bits per heavy atom. The number of nitrogens with zero attached hydrogens (tertiary/aromatic N) is 5. The van der Waals surface area contributed by atoms with Gasteiger partial charge in [-0.25, -0.2) is 4.98 Å². The van der Waals surface area contributed by atoms with Crippen LogP contribution in [-0.4, -0.2) is 50.8 Å². The van der Waals surface area contributed by atoms with Gasteiger partial charge in [-0.15, -0.1) is 0 Å². The van der Waals surface area contributed by atoms with Gasteiger partial charge in [-0.2, -0.15) is 0 Å². The van der Waals surface area contributed by atoms with Crippen LogP contribution in [0.3, 0.4) is 0 Å². The first-order valence-corrected chi connectivity index (χ1v) is 12.7. The summed E-state index contributed by atoms with van der Waals surface area (Å²) in [5, 5.41) is 3.58. The number of hydrogen-bond acceptors (Lipinski definition) is 5. The van der Waals surface area contributed by atoms with Crippen molar-refractivity contribution >= 4 is 28.3 Å². The lowest BCUT2D eigenvalue weighted by Crippen LogP contribution is -2.34. The van der Waals surface area contributed by atoms with E-state index in [1.165, 1.54) is 6.08 Å². The molecule has 1 amide bonds. The van der Waals surface area contributed by atoms with Gasteiger partial charge in [-0.1, -0.05) is 32.9 Å². The SMILES string of the molecule is C=CC(=O)N(C)C1CCC(n2cc(N/C(=C/CC)C(CCC)=NC)c3ncn(C(C)C)c3c2=O)C1. The fourth-order valence-electron chi connectivity index (χ4n) is 4.96. The number of fused-ring (bicyclic) bond motifs is 1. The molecular formula is C27H40N6O2. The van der Waals surface area contributed by atoms with E-state index in [4.69, 9.17) is 0 Å². The van der Waals surface area contributed by atoms with Gasteiger partial charge in [0, 0.05) is 38.4 Å². The molecule has 2 aromatic rings. The zero-order valence-electron chi connectivity index (χ0n) is 22.0. The predicted octanol–water partition coefficient (Wildman–Crippen LogP) is 5.09. The van der Waals surface area contributed by atoms with E-state index in [-0.39, 0.29) is 29.6 Å². The smallest absolute Gasteiger partial charge is 0.277 e. The zero-order valence-corrected chi connectivity index (χ0v) is 22.0. The number of rotatable bonds is 10. The third-order valence-electron chi connectivity index (χ3n) is 6.90. The highest BCUT2D eigenvalue weighted by molar-refractivity contribution is 6.04. The van der Waals surface area contributed by atoms with Gasteiger partial charge >= 0.3 is 0 Å². The molecule has 190 valence electrons. The van der Waals surface area contributed by atoms with Crippen LogP contribution in [0.5, 0.6) is 0 Å². The molecule has 2 atom stereocenters. The predicted molar refractivity (Wildman–Crippen MR) is 144 cm³/mol. The van der Waals surface area contributed by atoms with Gasteiger partial charge in [0.05, 0.1) is 23.4 Å². The van der Waals surface area contributed by atoms with Crippen LogP contribution in [0.4, 0.5) is 5.69 Å². The molecule has 2 heterocycles. The largest absolute Gasteiger partial charge is 0.351 e. The van der Waals surface area contributed by atoms with Crippen molar-refractivity contribution in [2.75, 3.05) is 19.4 Å². The number of imidazole rings is 1. The number of pyridine rings is 1. The van der Waals surface area contributed by atoms with Crippen LogP contribution in [0.25, 0.3) is 11.0 Å². The standard InChI is InChI=1S/C27H40N6O2/c1-8-11-21(28-6)22(12-9-2)30-23-16-32(20-14-13-19(15-20)31(7)24(34)10-3)27(35)26-25(23)29-17-33(26)18(4)5/h10,12,16-20,30H,3,8-9,11,13-15H2,1-2,4-7H3/b22-12+,28-21?. The minimum absolute atomic E-state index is 0.00147. The molecule has 0 saturated heterocycles. The maximum Gasteiger partial charge on any atom is 0.277 e. The molecule has 3 rings (SSSR count). The average molecular weight is 481 g/mol. The summed E-state index contributed by atoms with van der Waals surface area (Å²) in [7, 11) is 3.63. The van der Waals surface area contributed by atoms with E-state index in [9.17, 15) is 9.59 Å². The van der Waals surface area contributed by atoms with Gasteiger partial charge in [0.2, 0.25) is 5.91 Å². The first-order valence-electron chi connectivity index (χ1n) is 12.7. The summed E-state index contributed by atoms with van der Waals surface area (Å²) in [5.41, 5.74) is 4.00. The Hall–Kier alpha value is -3.16. The number of nitrogens with one attached hydrogen (secondary N) is 1. The Labute approximate surface area is 208 Å². The molecule has 1 saturated carbocycles. The molecule has 1 aliphatic rings. The number of aliphatic imine (C=N–C) groups is 1. The lowest BCUT2D eigenvalue weighted by atomic mass is 10.1. The van der Waals surface area contributed by atoms with Crippen LogP contribution < -0.4 is 10.9 Å². The molecule has 2 unspecified atom stereocenters. The zero-order chi connectivity index (χ0) is 25.7. The number of carbonyl (C=O) groups excluding carboxylic acids is 1. The molecule has 8 nitrogen and oxygen atoms in total. The summed E-state index contributed by atoms with van der Waals surface area (Å²) in [5.74, 6) is -0.0876. The molecule has 1 aliphatic carbocycles. The van der Waals surface area contributed by atoms with Crippen LogP contribution in [-0.2, 0) is 4.79 Å². The van der Waals surface area contributed by atoms with Crippen LogP contribution in [0.2, 0.25) is 0 Å². The van der Waals surface area contributed by atoms with Crippen LogP contribution in [0, 0.1) is 0 Å². The summed E-state index contributed by atoms with van der Waals surface area (Å²) in [6.07, 6.45) is 12.3. The highest BCUT2D eigenvalue weighted by Gasteiger charge is 2.32. The minimum atomic E-state index is -0.0876. The van der Waals surface area contributed by atoms with Gasteiger partial charge < -0.3 is 19.4 Å². The van der Waals surface area contributed by atoms with E-state index in [1.807, 2.05) is 29.4 Å². The number of likely N-dealkylation sites (N-methyl/N-ethyl adjacent to an activating group) is 1. The molecule has 0 spiro atoms. The number of aromatic nitrogens is 3. The first kappa shape index (κ1) is 26.4. The molecule has 0 bridgehead atoms. The van der Waals surface area contributed by atoms with Gasteiger partial charge in [-0.3, -0.25) is 14.6 Å². The molecule has 0 aromatic carbocycles. The monoisotopic (exact) mass is 480 g/mol. The molecule has 1 fully saturated rings. The van der Waals surface area contributed by atoms with E-state index in [1.54, 1.807) is 11.2 Å². The van der Waals surface area contributed by atoms with Gasteiger partial charge in [0.25, 0.3) is 5.56 Å². The molecule has 35 heavy (non-hydrogen) atoms.